The summed E-state index contributed by atoms with van der Waals surface area (Å²) in [6, 6.07) is 4.44. The summed E-state index contributed by atoms with van der Waals surface area (Å²) in [4.78, 5) is 15.6. The highest BCUT2D eigenvalue weighted by Crippen LogP contribution is 2.23. The van der Waals surface area contributed by atoms with Crippen molar-refractivity contribution in [2.75, 3.05) is 33.7 Å². The third-order valence-electron chi connectivity index (χ3n) is 3.82. The summed E-state index contributed by atoms with van der Waals surface area (Å²) < 4.78 is 0. The number of hydrogen-bond donors (Lipinski definition) is 2. The fraction of sp³-hybridized carbons (Fsp3) is 0.643. The van der Waals surface area contributed by atoms with Crippen molar-refractivity contribution in [1.82, 2.24) is 15.5 Å². The van der Waals surface area contributed by atoms with E-state index < -0.39 is 0 Å². The average molecular weight is 318 g/mol. The first-order valence-corrected chi connectivity index (χ1v) is 7.66. The molecule has 1 amide bonds. The fourth-order valence-corrected chi connectivity index (χ4v) is 3.43. The average Bonchev–Trinajstić information content (AvgIpc) is 3.00. The van der Waals surface area contributed by atoms with Crippen molar-refractivity contribution in [2.24, 2.45) is 11.8 Å². The van der Waals surface area contributed by atoms with Crippen LogP contribution in [0.25, 0.3) is 0 Å². The first kappa shape index (κ1) is 17.4. The topological polar surface area (TPSA) is 44.4 Å². The van der Waals surface area contributed by atoms with Crippen LogP contribution in [-0.4, -0.2) is 44.5 Å². The van der Waals surface area contributed by atoms with E-state index in [4.69, 9.17) is 0 Å². The summed E-state index contributed by atoms with van der Waals surface area (Å²) in [5.41, 5.74) is 0. The van der Waals surface area contributed by atoms with Crippen LogP contribution in [0.1, 0.15) is 17.8 Å². The number of thiophene rings is 1. The Balaban J connectivity index is 0.00000200. The summed E-state index contributed by atoms with van der Waals surface area (Å²) in [6.45, 7) is 4.56. The van der Waals surface area contributed by atoms with Gasteiger partial charge >= 0.3 is 0 Å². The van der Waals surface area contributed by atoms with Gasteiger partial charge in [0.1, 0.15) is 0 Å². The molecule has 20 heavy (non-hydrogen) atoms. The first-order chi connectivity index (χ1) is 9.09. The Labute approximate surface area is 131 Å². The Bertz CT molecular complexity index is 411. The first-order valence-electron chi connectivity index (χ1n) is 6.78. The van der Waals surface area contributed by atoms with Crippen LogP contribution in [0.4, 0.5) is 0 Å². The monoisotopic (exact) mass is 317 g/mol. The molecule has 3 atom stereocenters. The molecule has 1 fully saturated rings. The minimum Gasteiger partial charge on any atom is -0.354 e. The number of likely N-dealkylation sites (N-methyl/N-ethyl adjacent to an activating group) is 1. The van der Waals surface area contributed by atoms with Crippen molar-refractivity contribution in [3.63, 3.8) is 0 Å². The van der Waals surface area contributed by atoms with Crippen molar-refractivity contribution < 1.29 is 4.79 Å². The zero-order valence-electron chi connectivity index (χ0n) is 12.3. The molecule has 0 spiro atoms. The molecule has 1 aliphatic rings. The second-order valence-corrected chi connectivity index (χ2v) is 6.46. The number of carbonyl (C=O) groups is 1. The summed E-state index contributed by atoms with van der Waals surface area (Å²) in [6.07, 6.45) is 0. The van der Waals surface area contributed by atoms with Crippen LogP contribution < -0.4 is 10.6 Å². The molecule has 2 heterocycles. The van der Waals surface area contributed by atoms with E-state index in [1.54, 1.807) is 11.3 Å². The molecule has 114 valence electrons. The third kappa shape index (κ3) is 4.19. The van der Waals surface area contributed by atoms with E-state index in [-0.39, 0.29) is 30.3 Å². The molecule has 4 nitrogen and oxygen atoms in total. The van der Waals surface area contributed by atoms with Crippen LogP contribution in [-0.2, 0) is 4.79 Å². The number of rotatable bonds is 5. The van der Waals surface area contributed by atoms with E-state index in [2.05, 4.69) is 54.1 Å². The summed E-state index contributed by atoms with van der Waals surface area (Å²) in [7, 11) is 4.10. The maximum absolute atomic E-state index is 12.2. The van der Waals surface area contributed by atoms with Gasteiger partial charge in [0.05, 0.1) is 12.0 Å². The highest BCUT2D eigenvalue weighted by Gasteiger charge is 2.30. The van der Waals surface area contributed by atoms with Gasteiger partial charge in [-0.3, -0.25) is 4.79 Å². The lowest BCUT2D eigenvalue weighted by molar-refractivity contribution is -0.125. The second kappa shape index (κ2) is 7.98. The number of carbonyl (C=O) groups excluding carboxylic acids is 1. The predicted molar refractivity (Wildman–Crippen MR) is 86.5 cm³/mol. The molecular formula is C14H24ClN3OS. The minimum absolute atomic E-state index is 0. The Morgan fingerprint density at radius 3 is 2.80 bits per heavy atom. The molecule has 2 rings (SSSR count). The van der Waals surface area contributed by atoms with E-state index in [0.29, 0.717) is 12.5 Å². The predicted octanol–water partition coefficient (Wildman–Crippen LogP) is 1.74. The third-order valence-corrected chi connectivity index (χ3v) is 4.79. The van der Waals surface area contributed by atoms with Crippen LogP contribution in [0, 0.1) is 11.8 Å². The molecule has 1 aromatic rings. The van der Waals surface area contributed by atoms with Gasteiger partial charge in [0, 0.05) is 18.0 Å². The van der Waals surface area contributed by atoms with Gasteiger partial charge in [-0.15, -0.1) is 23.7 Å². The highest BCUT2D eigenvalue weighted by atomic mass is 35.5. The molecule has 0 aliphatic carbocycles. The lowest BCUT2D eigenvalue weighted by atomic mass is 9.97. The van der Waals surface area contributed by atoms with Gasteiger partial charge in [-0.05, 0) is 38.0 Å². The van der Waals surface area contributed by atoms with E-state index in [0.717, 1.165) is 13.1 Å². The van der Waals surface area contributed by atoms with Crippen LogP contribution in [0.5, 0.6) is 0 Å². The summed E-state index contributed by atoms with van der Waals surface area (Å²) >= 11 is 1.74. The van der Waals surface area contributed by atoms with Gasteiger partial charge in [-0.2, -0.15) is 0 Å². The van der Waals surface area contributed by atoms with E-state index in [1.165, 1.54) is 4.88 Å². The molecule has 1 unspecified atom stereocenters. The summed E-state index contributed by atoms with van der Waals surface area (Å²) in [5, 5.41) is 8.46. The molecule has 1 saturated heterocycles. The normalized spacial score (nSPS) is 23.4. The highest BCUT2D eigenvalue weighted by molar-refractivity contribution is 7.10. The Morgan fingerprint density at radius 1 is 1.55 bits per heavy atom. The van der Waals surface area contributed by atoms with E-state index >= 15 is 0 Å². The van der Waals surface area contributed by atoms with Gasteiger partial charge in [-0.1, -0.05) is 13.0 Å². The SMILES string of the molecule is C[C@@H]1CNC[C@H]1C(=O)NCC(c1cccs1)N(C)C.Cl. The van der Waals surface area contributed by atoms with E-state index in [1.807, 2.05) is 0 Å². The molecule has 0 bridgehead atoms. The number of halogens is 1. The van der Waals surface area contributed by atoms with Crippen LogP contribution in [0.2, 0.25) is 0 Å². The van der Waals surface area contributed by atoms with Crippen molar-refractivity contribution in [2.45, 2.75) is 13.0 Å². The van der Waals surface area contributed by atoms with Gasteiger partial charge in [-0.25, -0.2) is 0 Å². The molecule has 0 radical (unpaired) electrons. The van der Waals surface area contributed by atoms with Crippen molar-refractivity contribution >= 4 is 29.7 Å². The maximum atomic E-state index is 12.2. The lowest BCUT2D eigenvalue weighted by Crippen LogP contribution is -2.39. The standard InChI is InChI=1S/C14H23N3OS.ClH/c1-10-7-15-8-11(10)14(18)16-9-12(17(2)3)13-5-4-6-19-13;/h4-6,10-12,15H,7-9H2,1-3H3,(H,16,18);1H/t10-,11-,12?;/m1./s1. The summed E-state index contributed by atoms with van der Waals surface area (Å²) in [5.74, 6) is 0.728. The van der Waals surface area contributed by atoms with Gasteiger partial charge in [0.25, 0.3) is 0 Å². The van der Waals surface area contributed by atoms with Crippen LogP contribution in [0.3, 0.4) is 0 Å². The van der Waals surface area contributed by atoms with Crippen LogP contribution in [0.15, 0.2) is 17.5 Å². The Hall–Kier alpha value is -0.620. The minimum atomic E-state index is 0. The van der Waals surface area contributed by atoms with Crippen molar-refractivity contribution in [1.29, 1.82) is 0 Å². The zero-order valence-corrected chi connectivity index (χ0v) is 13.9. The van der Waals surface area contributed by atoms with Crippen molar-refractivity contribution in [3.8, 4) is 0 Å². The lowest BCUT2D eigenvalue weighted by Gasteiger charge is -2.24. The maximum Gasteiger partial charge on any atom is 0.224 e. The molecular weight excluding hydrogens is 294 g/mol. The molecule has 0 aromatic carbocycles. The van der Waals surface area contributed by atoms with Gasteiger partial charge in [0.2, 0.25) is 5.91 Å². The smallest absolute Gasteiger partial charge is 0.224 e. The molecule has 2 N–H and O–H groups in total. The number of hydrogen-bond acceptors (Lipinski definition) is 4. The quantitative estimate of drug-likeness (QED) is 0.869. The molecule has 1 aliphatic heterocycles. The fourth-order valence-electron chi connectivity index (χ4n) is 2.51. The molecule has 1 aromatic heterocycles. The largest absolute Gasteiger partial charge is 0.354 e. The van der Waals surface area contributed by atoms with Crippen molar-refractivity contribution in [3.05, 3.63) is 22.4 Å². The number of nitrogens with one attached hydrogen (secondary N) is 2. The number of nitrogens with zero attached hydrogens (tertiary/aromatic N) is 1. The van der Waals surface area contributed by atoms with Crippen LogP contribution >= 0.6 is 23.7 Å². The Morgan fingerprint density at radius 2 is 2.30 bits per heavy atom. The number of amides is 1. The second-order valence-electron chi connectivity index (χ2n) is 5.48. The van der Waals surface area contributed by atoms with E-state index in [9.17, 15) is 4.79 Å². The zero-order chi connectivity index (χ0) is 13.8. The molecule has 6 heteroatoms. The van der Waals surface area contributed by atoms with Gasteiger partial charge in [0.15, 0.2) is 0 Å². The molecule has 0 saturated carbocycles. The Kier molecular flexibility index (Phi) is 6.95. The van der Waals surface area contributed by atoms with Gasteiger partial charge < -0.3 is 15.5 Å².